The van der Waals surface area contributed by atoms with Crippen molar-refractivity contribution in [2.45, 2.75) is 29.5 Å². The number of methoxy groups -OCH3 is 1. The van der Waals surface area contributed by atoms with Gasteiger partial charge >= 0.3 is 6.18 Å². The predicted molar refractivity (Wildman–Crippen MR) is 152 cm³/mol. The fourth-order valence-corrected chi connectivity index (χ4v) is 5.33. The summed E-state index contributed by atoms with van der Waals surface area (Å²) in [6, 6.07) is 7.50. The number of hydrogen-bond acceptors (Lipinski definition) is 4. The van der Waals surface area contributed by atoms with Crippen LogP contribution >= 0.6 is 34.8 Å². The number of halogens is 9. The van der Waals surface area contributed by atoms with E-state index in [-0.39, 0.29) is 21.8 Å². The van der Waals surface area contributed by atoms with Crippen LogP contribution in [-0.4, -0.2) is 35.3 Å². The minimum atomic E-state index is -5.00. The average Bonchev–Trinajstić information content (AvgIpc) is 3.54. The molecule has 1 aliphatic carbocycles. The van der Waals surface area contributed by atoms with Gasteiger partial charge in [0, 0.05) is 18.7 Å². The summed E-state index contributed by atoms with van der Waals surface area (Å²) in [5, 5.41) is 6.55. The minimum absolute atomic E-state index is 0.0181. The van der Waals surface area contributed by atoms with Gasteiger partial charge in [0.1, 0.15) is 27.8 Å². The van der Waals surface area contributed by atoms with E-state index < -0.39 is 80.6 Å². The Morgan fingerprint density at radius 3 is 2.23 bits per heavy atom. The molecule has 0 spiro atoms. The molecule has 0 unspecified atom stereocenters. The quantitative estimate of drug-likeness (QED) is 0.169. The smallest absolute Gasteiger partial charge is 0.372 e. The van der Waals surface area contributed by atoms with Crippen molar-refractivity contribution in [1.82, 2.24) is 0 Å². The van der Waals surface area contributed by atoms with Crippen molar-refractivity contribution in [2.24, 2.45) is 5.92 Å². The van der Waals surface area contributed by atoms with Crippen LogP contribution in [0.15, 0.2) is 48.5 Å². The molecule has 0 aromatic heterocycles. The zero-order chi connectivity index (χ0) is 32.7. The maximum atomic E-state index is 15.0. The molecule has 3 amide bonds. The number of amides is 3. The van der Waals surface area contributed by atoms with Crippen LogP contribution in [-0.2, 0) is 20.5 Å². The Labute approximate surface area is 260 Å². The van der Waals surface area contributed by atoms with Gasteiger partial charge in [0.05, 0.1) is 27.8 Å². The van der Waals surface area contributed by atoms with Crippen molar-refractivity contribution < 1.29 is 45.5 Å². The van der Waals surface area contributed by atoms with Gasteiger partial charge in [-0.2, -0.15) is 13.2 Å². The van der Waals surface area contributed by atoms with Crippen LogP contribution in [0.3, 0.4) is 0 Å². The van der Waals surface area contributed by atoms with Gasteiger partial charge in [-0.3, -0.25) is 14.4 Å². The van der Waals surface area contributed by atoms with Gasteiger partial charge < -0.3 is 20.7 Å². The molecule has 0 bridgehead atoms. The lowest BCUT2D eigenvalue weighted by molar-refractivity contribution is -0.140. The van der Waals surface area contributed by atoms with Crippen molar-refractivity contribution in [3.05, 3.63) is 87.7 Å². The molecular weight excluding hydrogens is 663 g/mol. The highest BCUT2D eigenvalue weighted by Crippen LogP contribution is 2.65. The predicted octanol–water partition coefficient (Wildman–Crippen LogP) is 7.53. The minimum Gasteiger partial charge on any atom is -0.372 e. The molecule has 3 N–H and O–H groups in total. The van der Waals surface area contributed by atoms with Gasteiger partial charge in [-0.15, -0.1) is 23.2 Å². The summed E-state index contributed by atoms with van der Waals surface area (Å²) in [5.74, 6) is -8.98. The number of nitrogens with one attached hydrogen (secondary N) is 3. The zero-order valence-corrected chi connectivity index (χ0v) is 24.7. The number of carbonyl (C=O) groups excluding carboxylic acids is 3. The molecule has 44 heavy (non-hydrogen) atoms. The highest BCUT2D eigenvalue weighted by molar-refractivity contribution is 6.53. The second kappa shape index (κ2) is 12.5. The molecule has 1 aliphatic rings. The van der Waals surface area contributed by atoms with Crippen LogP contribution < -0.4 is 16.0 Å². The molecule has 3 aromatic carbocycles. The maximum Gasteiger partial charge on any atom is 0.419 e. The van der Waals surface area contributed by atoms with E-state index in [9.17, 15) is 36.3 Å². The van der Waals surface area contributed by atoms with Crippen molar-refractivity contribution >= 4 is 69.6 Å². The standard InChI is InChI=1S/C28H20Cl3F6N3O4/c1-11(44-2)24(41)40-23-18(33)7-8-19(22(23)34)39-25(42)14-10-13(4-5-16(14)29)38-26(43)21-20(27(21,30)31)12-3-6-17(32)15(9-12)28(35,36)37/h3-11,20-21H,1-2H3,(H,38,43)(H,39,42)(H,40,41)/t11-,20+,21-/m1/s1. The lowest BCUT2D eigenvalue weighted by Gasteiger charge is -2.15. The highest BCUT2D eigenvalue weighted by atomic mass is 35.5. The van der Waals surface area contributed by atoms with Gasteiger partial charge in [0.2, 0.25) is 5.91 Å². The molecule has 3 atom stereocenters. The van der Waals surface area contributed by atoms with Crippen molar-refractivity contribution in [1.29, 1.82) is 0 Å². The van der Waals surface area contributed by atoms with Crippen LogP contribution in [0.2, 0.25) is 5.02 Å². The SMILES string of the molecule is CO[C@H](C)C(=O)Nc1c(F)ccc(NC(=O)c2cc(NC(=O)[C@H]3[C@H](c4ccc(F)c(C(F)(F)F)c4)C3(Cl)Cl)ccc2Cl)c1F. The molecule has 234 valence electrons. The fourth-order valence-electron chi connectivity index (χ4n) is 4.30. The Morgan fingerprint density at radius 2 is 1.59 bits per heavy atom. The molecule has 0 aliphatic heterocycles. The molecule has 0 radical (unpaired) electrons. The van der Waals surface area contributed by atoms with Gasteiger partial charge in [-0.1, -0.05) is 17.7 Å². The van der Waals surface area contributed by atoms with Crippen molar-refractivity contribution in [3.63, 3.8) is 0 Å². The largest absolute Gasteiger partial charge is 0.419 e. The van der Waals surface area contributed by atoms with E-state index in [0.29, 0.717) is 12.1 Å². The molecule has 16 heteroatoms. The third-order valence-corrected chi connectivity index (χ3v) is 8.05. The molecule has 1 fully saturated rings. The third-order valence-electron chi connectivity index (χ3n) is 6.78. The first kappa shape index (κ1) is 33.4. The van der Waals surface area contributed by atoms with Gasteiger partial charge in [0.15, 0.2) is 5.82 Å². The third kappa shape index (κ3) is 6.75. The summed E-state index contributed by atoms with van der Waals surface area (Å²) >= 11 is 18.6. The number of benzene rings is 3. The first-order valence-corrected chi connectivity index (χ1v) is 13.6. The molecule has 0 saturated heterocycles. The van der Waals surface area contributed by atoms with E-state index in [4.69, 9.17) is 39.5 Å². The number of ether oxygens (including phenoxy) is 1. The first-order valence-electron chi connectivity index (χ1n) is 12.4. The van der Waals surface area contributed by atoms with Gasteiger partial charge in [0.25, 0.3) is 11.8 Å². The molecule has 7 nitrogen and oxygen atoms in total. The number of carbonyl (C=O) groups is 3. The Hall–Kier alpha value is -3.52. The van der Waals surface area contributed by atoms with Crippen LogP contribution in [0.25, 0.3) is 0 Å². The Kier molecular flexibility index (Phi) is 9.46. The van der Waals surface area contributed by atoms with E-state index in [1.54, 1.807) is 0 Å². The topological polar surface area (TPSA) is 96.5 Å². The van der Waals surface area contributed by atoms with Crippen LogP contribution in [0.1, 0.15) is 34.3 Å². The van der Waals surface area contributed by atoms with Gasteiger partial charge in [-0.25, -0.2) is 13.2 Å². The summed E-state index contributed by atoms with van der Waals surface area (Å²) in [4.78, 5) is 38.0. The number of rotatable bonds is 8. The van der Waals surface area contributed by atoms with Crippen LogP contribution in [0.5, 0.6) is 0 Å². The lowest BCUT2D eigenvalue weighted by atomic mass is 10.0. The van der Waals surface area contributed by atoms with Crippen molar-refractivity contribution in [3.8, 4) is 0 Å². The van der Waals surface area contributed by atoms with E-state index in [1.807, 2.05) is 5.32 Å². The second-order valence-electron chi connectivity index (χ2n) is 9.66. The molecular formula is C28H20Cl3F6N3O4. The second-order valence-corrected chi connectivity index (χ2v) is 11.5. The molecule has 3 aromatic rings. The first-order chi connectivity index (χ1) is 20.5. The van der Waals surface area contributed by atoms with Crippen LogP contribution in [0.4, 0.5) is 43.4 Å². The van der Waals surface area contributed by atoms with Gasteiger partial charge in [-0.05, 0) is 55.0 Å². The van der Waals surface area contributed by atoms with Crippen molar-refractivity contribution in [2.75, 3.05) is 23.1 Å². The summed E-state index contributed by atoms with van der Waals surface area (Å²) in [7, 11) is 1.22. The van der Waals surface area contributed by atoms with Crippen LogP contribution in [0, 0.1) is 23.4 Å². The zero-order valence-electron chi connectivity index (χ0n) is 22.4. The average molecular weight is 683 g/mol. The summed E-state index contributed by atoms with van der Waals surface area (Å²) in [6.07, 6.45) is -6.03. The summed E-state index contributed by atoms with van der Waals surface area (Å²) < 4.78 is 85.6. The maximum absolute atomic E-state index is 15.0. The highest BCUT2D eigenvalue weighted by Gasteiger charge is 2.67. The fraction of sp³-hybridized carbons (Fsp3) is 0.250. The Bertz CT molecular complexity index is 1650. The van der Waals surface area contributed by atoms with E-state index >= 15 is 4.39 Å². The number of hydrogen-bond donors (Lipinski definition) is 3. The van der Waals surface area contributed by atoms with E-state index in [1.165, 1.54) is 26.2 Å². The Balaban J connectivity index is 1.52. The summed E-state index contributed by atoms with van der Waals surface area (Å²) in [5.41, 5.74) is -3.30. The normalized spacial score (nSPS) is 17.9. The number of alkyl halides is 5. The molecule has 1 saturated carbocycles. The Morgan fingerprint density at radius 1 is 0.932 bits per heavy atom. The van der Waals surface area contributed by atoms with E-state index in [0.717, 1.165) is 24.3 Å². The summed E-state index contributed by atoms with van der Waals surface area (Å²) in [6.45, 7) is 1.35. The monoisotopic (exact) mass is 681 g/mol. The van der Waals surface area contributed by atoms with E-state index in [2.05, 4.69) is 10.6 Å². The molecule has 4 rings (SSSR count). The molecule has 0 heterocycles. The number of anilines is 3. The lowest BCUT2D eigenvalue weighted by Crippen LogP contribution is -2.27.